The van der Waals surface area contributed by atoms with Gasteiger partial charge in [0.05, 0.1) is 6.26 Å². The normalized spacial score (nSPS) is 11.6. The molecule has 0 aliphatic rings. The van der Waals surface area contributed by atoms with Gasteiger partial charge in [-0.1, -0.05) is 26.0 Å². The molecule has 0 radical (unpaired) electrons. The van der Waals surface area contributed by atoms with E-state index in [-0.39, 0.29) is 0 Å². The Labute approximate surface area is 103 Å². The van der Waals surface area contributed by atoms with Crippen LogP contribution in [-0.4, -0.2) is 6.54 Å². The second kappa shape index (κ2) is 4.92. The first-order valence-corrected chi connectivity index (χ1v) is 6.26. The van der Waals surface area contributed by atoms with E-state index in [2.05, 4.69) is 45.1 Å². The van der Waals surface area contributed by atoms with Gasteiger partial charge < -0.3 is 9.73 Å². The van der Waals surface area contributed by atoms with E-state index >= 15 is 0 Å². The summed E-state index contributed by atoms with van der Waals surface area (Å²) in [6, 6.07) is 4.28. The van der Waals surface area contributed by atoms with Crippen molar-refractivity contribution in [3.63, 3.8) is 0 Å². The Kier molecular flexibility index (Phi) is 3.53. The molecule has 1 aromatic heterocycles. The maximum Gasteiger partial charge on any atom is 0.137 e. The van der Waals surface area contributed by atoms with E-state index in [1.165, 1.54) is 22.1 Å². The van der Waals surface area contributed by atoms with Crippen LogP contribution in [0.1, 0.15) is 30.5 Å². The Morgan fingerprint density at radius 2 is 1.88 bits per heavy atom. The zero-order valence-corrected chi connectivity index (χ0v) is 11.1. The van der Waals surface area contributed by atoms with Gasteiger partial charge in [0.1, 0.15) is 5.58 Å². The summed E-state index contributed by atoms with van der Waals surface area (Å²) in [5.74, 6) is 0.677. The molecule has 1 heterocycles. The molecule has 92 valence electrons. The Bertz CT molecular complexity index is 511. The largest absolute Gasteiger partial charge is 0.464 e. The molecule has 2 nitrogen and oxygen atoms in total. The molecule has 1 N–H and O–H groups in total. The number of nitrogens with one attached hydrogen (secondary N) is 1. The lowest BCUT2D eigenvalue weighted by molar-refractivity contribution is 0.546. The highest BCUT2D eigenvalue weighted by Crippen LogP contribution is 2.27. The number of rotatable bonds is 4. The van der Waals surface area contributed by atoms with E-state index in [0.29, 0.717) is 5.92 Å². The monoisotopic (exact) mass is 231 g/mol. The number of aryl methyl sites for hydroxylation is 2. The highest BCUT2D eigenvalue weighted by Gasteiger charge is 2.10. The molecule has 0 amide bonds. The lowest BCUT2D eigenvalue weighted by atomic mass is 10.0. The third-order valence-corrected chi connectivity index (χ3v) is 3.07. The van der Waals surface area contributed by atoms with Crippen molar-refractivity contribution in [2.75, 3.05) is 6.54 Å². The Morgan fingerprint density at radius 1 is 1.18 bits per heavy atom. The fourth-order valence-electron chi connectivity index (χ4n) is 2.15. The van der Waals surface area contributed by atoms with Gasteiger partial charge in [0.25, 0.3) is 0 Å². The third kappa shape index (κ3) is 2.52. The van der Waals surface area contributed by atoms with Crippen molar-refractivity contribution in [3.05, 3.63) is 35.1 Å². The number of hydrogen-bond donors (Lipinski definition) is 1. The summed E-state index contributed by atoms with van der Waals surface area (Å²) in [4.78, 5) is 0. The Morgan fingerprint density at radius 3 is 2.59 bits per heavy atom. The first-order valence-electron chi connectivity index (χ1n) is 6.26. The minimum atomic E-state index is 0.677. The summed E-state index contributed by atoms with van der Waals surface area (Å²) >= 11 is 0. The van der Waals surface area contributed by atoms with Crippen molar-refractivity contribution >= 4 is 11.0 Å². The van der Waals surface area contributed by atoms with Crippen LogP contribution >= 0.6 is 0 Å². The SMILES string of the molecule is Cc1ccc(C)c2c(CNCC(C)C)coc12. The van der Waals surface area contributed by atoms with Gasteiger partial charge in [0, 0.05) is 17.5 Å². The molecule has 0 atom stereocenters. The molecule has 2 heteroatoms. The van der Waals surface area contributed by atoms with Crippen LogP contribution in [0, 0.1) is 19.8 Å². The molecule has 2 aromatic rings. The number of furan rings is 1. The minimum absolute atomic E-state index is 0.677. The fourth-order valence-corrected chi connectivity index (χ4v) is 2.15. The molecule has 0 aliphatic heterocycles. The summed E-state index contributed by atoms with van der Waals surface area (Å²) in [5, 5.41) is 4.74. The van der Waals surface area contributed by atoms with Gasteiger partial charge in [-0.05, 0) is 37.4 Å². The molecular weight excluding hydrogens is 210 g/mol. The van der Waals surface area contributed by atoms with Crippen molar-refractivity contribution < 1.29 is 4.42 Å². The molecule has 0 saturated heterocycles. The van der Waals surface area contributed by atoms with E-state index in [1.807, 2.05) is 6.26 Å². The zero-order valence-electron chi connectivity index (χ0n) is 11.1. The smallest absolute Gasteiger partial charge is 0.137 e. The zero-order chi connectivity index (χ0) is 12.4. The highest BCUT2D eigenvalue weighted by molar-refractivity contribution is 5.86. The van der Waals surface area contributed by atoms with Gasteiger partial charge in [-0.2, -0.15) is 0 Å². The first-order chi connectivity index (χ1) is 8.09. The average molecular weight is 231 g/mol. The van der Waals surface area contributed by atoms with Crippen molar-refractivity contribution in [2.45, 2.75) is 34.2 Å². The molecule has 2 rings (SSSR count). The topological polar surface area (TPSA) is 25.2 Å². The first kappa shape index (κ1) is 12.2. The predicted molar refractivity (Wildman–Crippen MR) is 72.2 cm³/mol. The van der Waals surface area contributed by atoms with Gasteiger partial charge >= 0.3 is 0 Å². The molecule has 1 aromatic carbocycles. The molecule has 0 unspecified atom stereocenters. The van der Waals surface area contributed by atoms with Gasteiger partial charge in [0.2, 0.25) is 0 Å². The third-order valence-electron chi connectivity index (χ3n) is 3.07. The molecule has 0 fully saturated rings. The standard InChI is InChI=1S/C15H21NO/c1-10(2)7-16-8-13-9-17-15-12(4)6-5-11(3)14(13)15/h5-6,9-10,16H,7-8H2,1-4H3. The van der Waals surface area contributed by atoms with Crippen molar-refractivity contribution in [2.24, 2.45) is 5.92 Å². The van der Waals surface area contributed by atoms with Crippen molar-refractivity contribution in [3.8, 4) is 0 Å². The predicted octanol–water partition coefficient (Wildman–Crippen LogP) is 3.80. The summed E-state index contributed by atoms with van der Waals surface area (Å²) in [7, 11) is 0. The second-order valence-corrected chi connectivity index (χ2v) is 5.19. The van der Waals surface area contributed by atoms with Crippen LogP contribution in [-0.2, 0) is 6.54 Å². The molecule has 17 heavy (non-hydrogen) atoms. The quantitative estimate of drug-likeness (QED) is 0.866. The molecule has 0 aliphatic carbocycles. The van der Waals surface area contributed by atoms with Gasteiger partial charge in [-0.15, -0.1) is 0 Å². The molecule has 0 bridgehead atoms. The van der Waals surface area contributed by atoms with Gasteiger partial charge in [-0.25, -0.2) is 0 Å². The Balaban J connectivity index is 2.26. The summed E-state index contributed by atoms with van der Waals surface area (Å²) in [5.41, 5.74) is 4.80. The molecular formula is C15H21NO. The highest BCUT2D eigenvalue weighted by atomic mass is 16.3. The fraction of sp³-hybridized carbons (Fsp3) is 0.467. The summed E-state index contributed by atoms with van der Waals surface area (Å²) < 4.78 is 5.68. The van der Waals surface area contributed by atoms with Crippen LogP contribution in [0.4, 0.5) is 0 Å². The summed E-state index contributed by atoms with van der Waals surface area (Å²) in [6.07, 6.45) is 1.89. The van der Waals surface area contributed by atoms with E-state index in [4.69, 9.17) is 4.42 Å². The Hall–Kier alpha value is -1.28. The van der Waals surface area contributed by atoms with Crippen molar-refractivity contribution in [1.29, 1.82) is 0 Å². The van der Waals surface area contributed by atoms with Crippen LogP contribution in [0.3, 0.4) is 0 Å². The van der Waals surface area contributed by atoms with Crippen LogP contribution in [0.5, 0.6) is 0 Å². The van der Waals surface area contributed by atoms with Crippen LogP contribution in [0.15, 0.2) is 22.8 Å². The maximum absolute atomic E-state index is 5.68. The molecule has 0 saturated carbocycles. The van der Waals surface area contributed by atoms with Crippen LogP contribution < -0.4 is 5.32 Å². The van der Waals surface area contributed by atoms with Crippen molar-refractivity contribution in [1.82, 2.24) is 5.32 Å². The number of hydrogen-bond acceptors (Lipinski definition) is 2. The number of fused-ring (bicyclic) bond motifs is 1. The lowest BCUT2D eigenvalue weighted by Crippen LogP contribution is -2.18. The number of benzene rings is 1. The molecule has 0 spiro atoms. The van der Waals surface area contributed by atoms with E-state index in [0.717, 1.165) is 18.7 Å². The van der Waals surface area contributed by atoms with Crippen LogP contribution in [0.2, 0.25) is 0 Å². The van der Waals surface area contributed by atoms with Gasteiger partial charge in [-0.3, -0.25) is 0 Å². The average Bonchev–Trinajstić information content (AvgIpc) is 2.68. The summed E-state index contributed by atoms with van der Waals surface area (Å²) in [6.45, 7) is 10.6. The second-order valence-electron chi connectivity index (χ2n) is 5.19. The van der Waals surface area contributed by atoms with E-state index in [9.17, 15) is 0 Å². The van der Waals surface area contributed by atoms with E-state index in [1.54, 1.807) is 0 Å². The maximum atomic E-state index is 5.68. The lowest BCUT2D eigenvalue weighted by Gasteiger charge is -2.07. The van der Waals surface area contributed by atoms with E-state index < -0.39 is 0 Å². The minimum Gasteiger partial charge on any atom is -0.464 e. The van der Waals surface area contributed by atoms with Gasteiger partial charge in [0.15, 0.2) is 0 Å². The van der Waals surface area contributed by atoms with Crippen LogP contribution in [0.25, 0.3) is 11.0 Å².